The Labute approximate surface area is 115 Å². The molecule has 0 aliphatic rings. The highest BCUT2D eigenvalue weighted by Gasteiger charge is 2.36. The molecule has 0 bridgehead atoms. The number of halogens is 3. The second-order valence-electron chi connectivity index (χ2n) is 4.13. The van der Waals surface area contributed by atoms with E-state index < -0.39 is 22.7 Å². The lowest BCUT2D eigenvalue weighted by molar-refractivity contribution is -0.135. The molecule has 0 N–H and O–H groups in total. The molecule has 1 aromatic rings. The summed E-state index contributed by atoms with van der Waals surface area (Å²) >= 11 is 0. The minimum Gasteiger partial charge on any atom is -0.207 e. The summed E-state index contributed by atoms with van der Waals surface area (Å²) in [6, 6.07) is 5.49. The van der Waals surface area contributed by atoms with Gasteiger partial charge in [-0.25, -0.2) is 8.42 Å². The Hall–Kier alpha value is -1.59. The summed E-state index contributed by atoms with van der Waals surface area (Å²) < 4.78 is 61.8. The van der Waals surface area contributed by atoms with Gasteiger partial charge < -0.3 is 0 Å². The van der Waals surface area contributed by atoms with E-state index in [1.54, 1.807) is 0 Å². The summed E-state index contributed by atoms with van der Waals surface area (Å²) in [5, 5.41) is 8.76. The number of hydrogen-bond donors (Lipinski definition) is 0. The summed E-state index contributed by atoms with van der Waals surface area (Å²) in [4.78, 5) is -0.250. The number of benzene rings is 1. The summed E-state index contributed by atoms with van der Waals surface area (Å²) in [6.07, 6.45) is -4.61. The van der Waals surface area contributed by atoms with Crippen molar-refractivity contribution < 1.29 is 21.6 Å². The Balaban J connectivity index is 3.22. The minimum atomic E-state index is -4.61. The first-order chi connectivity index (χ1) is 9.11. The van der Waals surface area contributed by atoms with Gasteiger partial charge in [-0.3, -0.25) is 0 Å². The highest BCUT2D eigenvalue weighted by molar-refractivity contribution is 7.89. The second-order valence-corrected chi connectivity index (χ2v) is 6.07. The highest BCUT2D eigenvalue weighted by Crippen LogP contribution is 2.23. The molecule has 1 aromatic carbocycles. The predicted molar refractivity (Wildman–Crippen MR) is 66.4 cm³/mol. The van der Waals surface area contributed by atoms with Crippen LogP contribution in [0.15, 0.2) is 23.1 Å². The van der Waals surface area contributed by atoms with Gasteiger partial charge in [-0.05, 0) is 30.7 Å². The van der Waals surface area contributed by atoms with E-state index in [4.69, 9.17) is 5.26 Å². The van der Waals surface area contributed by atoms with Crippen LogP contribution >= 0.6 is 0 Å². The molecule has 0 atom stereocenters. The van der Waals surface area contributed by atoms with Gasteiger partial charge in [-0.2, -0.15) is 22.7 Å². The number of hydrogen-bond acceptors (Lipinski definition) is 3. The van der Waals surface area contributed by atoms with Gasteiger partial charge in [0, 0.05) is 6.54 Å². The fraction of sp³-hybridized carbons (Fsp3) is 0.417. The average Bonchev–Trinajstić information content (AvgIpc) is 2.34. The molecule has 0 amide bonds. The molecule has 110 valence electrons. The molecule has 8 heteroatoms. The molecule has 0 radical (unpaired) electrons. The molecule has 1 rings (SSSR count). The Kier molecular flexibility index (Phi) is 4.78. The van der Waals surface area contributed by atoms with Gasteiger partial charge in [0.2, 0.25) is 10.0 Å². The summed E-state index contributed by atoms with van der Waals surface area (Å²) in [5.74, 6) is 0. The highest BCUT2D eigenvalue weighted by atomic mass is 32.2. The van der Waals surface area contributed by atoms with Crippen LogP contribution in [0.1, 0.15) is 18.1 Å². The van der Waals surface area contributed by atoms with Gasteiger partial charge in [0.15, 0.2) is 0 Å². The van der Waals surface area contributed by atoms with Gasteiger partial charge >= 0.3 is 6.18 Å². The van der Waals surface area contributed by atoms with Crippen molar-refractivity contribution in [2.24, 2.45) is 0 Å². The molecular weight excluding hydrogens is 293 g/mol. The normalized spacial score (nSPS) is 12.4. The first-order valence-corrected chi connectivity index (χ1v) is 7.13. The Morgan fingerprint density at radius 2 is 1.95 bits per heavy atom. The van der Waals surface area contributed by atoms with Crippen LogP contribution < -0.4 is 0 Å². The maximum absolute atomic E-state index is 12.4. The minimum absolute atomic E-state index is 0.250. The Bertz CT molecular complexity index is 633. The molecule has 0 spiro atoms. The van der Waals surface area contributed by atoms with Crippen molar-refractivity contribution in [2.45, 2.75) is 24.9 Å². The Morgan fingerprint density at radius 3 is 2.35 bits per heavy atom. The zero-order valence-electron chi connectivity index (χ0n) is 10.9. The lowest BCUT2D eigenvalue weighted by Crippen LogP contribution is -2.38. The van der Waals surface area contributed by atoms with E-state index in [-0.39, 0.29) is 17.0 Å². The van der Waals surface area contributed by atoms with Gasteiger partial charge in [0.1, 0.15) is 6.54 Å². The molecule has 0 fully saturated rings. The monoisotopic (exact) mass is 306 g/mol. The smallest absolute Gasteiger partial charge is 0.207 e. The summed E-state index contributed by atoms with van der Waals surface area (Å²) in [6.45, 7) is 1.03. The predicted octanol–water partition coefficient (Wildman–Crippen LogP) is 2.44. The number of rotatable bonds is 4. The average molecular weight is 306 g/mol. The fourth-order valence-corrected chi connectivity index (χ4v) is 3.16. The molecule has 0 aliphatic heterocycles. The maximum atomic E-state index is 12.4. The Morgan fingerprint density at radius 1 is 1.35 bits per heavy atom. The third-order valence-corrected chi connectivity index (χ3v) is 4.58. The van der Waals surface area contributed by atoms with E-state index >= 15 is 0 Å². The van der Waals surface area contributed by atoms with Gasteiger partial charge in [-0.15, -0.1) is 0 Å². The van der Waals surface area contributed by atoms with E-state index in [2.05, 4.69) is 0 Å². The van der Waals surface area contributed by atoms with Gasteiger partial charge in [-0.1, -0.05) is 6.92 Å². The lowest BCUT2D eigenvalue weighted by atomic mass is 10.1. The van der Waals surface area contributed by atoms with E-state index in [1.165, 1.54) is 26.0 Å². The van der Waals surface area contributed by atoms with Crippen molar-refractivity contribution >= 4 is 10.0 Å². The molecule has 0 aliphatic carbocycles. The van der Waals surface area contributed by atoms with Gasteiger partial charge in [0.25, 0.3) is 0 Å². The molecule has 0 unspecified atom stereocenters. The fourth-order valence-electron chi connectivity index (χ4n) is 1.64. The summed E-state index contributed by atoms with van der Waals surface area (Å²) in [7, 11) is -4.23. The second kappa shape index (κ2) is 5.81. The van der Waals surface area contributed by atoms with Crippen molar-refractivity contribution in [3.8, 4) is 6.07 Å². The topological polar surface area (TPSA) is 61.2 Å². The van der Waals surface area contributed by atoms with Crippen molar-refractivity contribution in [1.82, 2.24) is 4.31 Å². The SMILES string of the molecule is CCN(CC(F)(F)F)S(=O)(=O)c1ccc(C#N)c(C)c1. The third-order valence-electron chi connectivity index (χ3n) is 2.66. The first-order valence-electron chi connectivity index (χ1n) is 5.69. The number of nitrogens with zero attached hydrogens (tertiary/aromatic N) is 2. The molecular formula is C12H13F3N2O2S. The standard InChI is InChI=1S/C12H13F3N2O2S/c1-3-17(8-12(13,14)15)20(18,19)11-5-4-10(7-16)9(2)6-11/h4-6H,3,8H2,1-2H3. The van der Waals surface area contributed by atoms with Gasteiger partial charge in [0.05, 0.1) is 16.5 Å². The van der Waals surface area contributed by atoms with Crippen LogP contribution in [0.2, 0.25) is 0 Å². The number of sulfonamides is 1. The third kappa shape index (κ3) is 3.71. The first kappa shape index (κ1) is 16.5. The van der Waals surface area contributed by atoms with Crippen LogP contribution in [0.3, 0.4) is 0 Å². The number of alkyl halides is 3. The van der Waals surface area contributed by atoms with Crippen molar-refractivity contribution in [1.29, 1.82) is 5.26 Å². The zero-order chi connectivity index (χ0) is 15.6. The van der Waals surface area contributed by atoms with E-state index in [1.807, 2.05) is 6.07 Å². The molecule has 4 nitrogen and oxygen atoms in total. The molecule has 0 heterocycles. The molecule has 0 saturated carbocycles. The van der Waals surface area contributed by atoms with E-state index in [0.717, 1.165) is 6.07 Å². The lowest BCUT2D eigenvalue weighted by Gasteiger charge is -2.22. The van der Waals surface area contributed by atoms with Crippen molar-refractivity contribution in [3.63, 3.8) is 0 Å². The zero-order valence-corrected chi connectivity index (χ0v) is 11.7. The summed E-state index contributed by atoms with van der Waals surface area (Å²) in [5.41, 5.74) is 0.680. The van der Waals surface area contributed by atoms with E-state index in [9.17, 15) is 21.6 Å². The number of aryl methyl sites for hydroxylation is 1. The molecule has 20 heavy (non-hydrogen) atoms. The van der Waals surface area contributed by atoms with Crippen molar-refractivity contribution in [3.05, 3.63) is 29.3 Å². The van der Waals surface area contributed by atoms with Crippen LogP contribution in [-0.2, 0) is 10.0 Å². The van der Waals surface area contributed by atoms with Crippen LogP contribution in [0.25, 0.3) is 0 Å². The largest absolute Gasteiger partial charge is 0.402 e. The number of nitriles is 1. The quantitative estimate of drug-likeness (QED) is 0.858. The van der Waals surface area contributed by atoms with E-state index in [0.29, 0.717) is 9.87 Å². The van der Waals surface area contributed by atoms with Crippen LogP contribution in [0.5, 0.6) is 0 Å². The maximum Gasteiger partial charge on any atom is 0.402 e. The van der Waals surface area contributed by atoms with Crippen LogP contribution in [0.4, 0.5) is 13.2 Å². The van der Waals surface area contributed by atoms with Crippen LogP contribution in [0, 0.1) is 18.3 Å². The van der Waals surface area contributed by atoms with Crippen LogP contribution in [-0.4, -0.2) is 32.0 Å². The molecule has 0 aromatic heterocycles. The molecule has 0 saturated heterocycles. The van der Waals surface area contributed by atoms with Crippen molar-refractivity contribution in [2.75, 3.05) is 13.1 Å².